The number of aryl methyl sites for hydroxylation is 1. The van der Waals surface area contributed by atoms with Gasteiger partial charge in [0.1, 0.15) is 0 Å². The molecule has 4 heteroatoms. The molecule has 0 aromatic heterocycles. The molecule has 0 saturated carbocycles. The van der Waals surface area contributed by atoms with Crippen LogP contribution in [0.15, 0.2) is 24.3 Å². The first-order valence-electron chi connectivity index (χ1n) is 5.34. The average molecular weight is 237 g/mol. The summed E-state index contributed by atoms with van der Waals surface area (Å²) in [6, 6.07) is 8.15. The molecule has 0 aliphatic rings. The summed E-state index contributed by atoms with van der Waals surface area (Å²) in [6.07, 6.45) is 0. The summed E-state index contributed by atoms with van der Waals surface area (Å²) in [6.45, 7) is 3.88. The van der Waals surface area contributed by atoms with Gasteiger partial charge in [-0.15, -0.1) is 0 Å². The summed E-state index contributed by atoms with van der Waals surface area (Å²) in [5.41, 5.74) is 2.25. The van der Waals surface area contributed by atoms with Crippen LogP contribution in [0, 0.1) is 6.92 Å². The van der Waals surface area contributed by atoms with Gasteiger partial charge in [-0.2, -0.15) is 0 Å². The molecule has 0 heterocycles. The smallest absolute Gasteiger partial charge is 0.170 e. The molecule has 0 aliphatic carbocycles. The van der Waals surface area contributed by atoms with Crippen LogP contribution < -0.4 is 10.6 Å². The monoisotopic (exact) mass is 237 g/mol. The van der Waals surface area contributed by atoms with E-state index in [2.05, 4.69) is 34.6 Å². The van der Waals surface area contributed by atoms with E-state index in [0.29, 0.717) is 5.11 Å². The molecule has 2 N–H and O–H groups in total. The van der Waals surface area contributed by atoms with Gasteiger partial charge in [0.25, 0.3) is 0 Å². The summed E-state index contributed by atoms with van der Waals surface area (Å²) in [7, 11) is 4.08. The molecule has 0 aliphatic heterocycles. The lowest BCUT2D eigenvalue weighted by atomic mass is 10.2. The van der Waals surface area contributed by atoms with Crippen molar-refractivity contribution in [3.63, 3.8) is 0 Å². The van der Waals surface area contributed by atoms with Gasteiger partial charge >= 0.3 is 0 Å². The maximum absolute atomic E-state index is 5.19. The van der Waals surface area contributed by atoms with Gasteiger partial charge in [0.05, 0.1) is 0 Å². The summed E-state index contributed by atoms with van der Waals surface area (Å²) in [5.74, 6) is 0. The highest BCUT2D eigenvalue weighted by Gasteiger charge is 1.97. The first-order chi connectivity index (χ1) is 7.58. The number of anilines is 1. The zero-order valence-electron chi connectivity index (χ0n) is 10.1. The zero-order chi connectivity index (χ0) is 12.0. The van der Waals surface area contributed by atoms with E-state index in [1.807, 2.05) is 26.2 Å². The number of nitrogens with zero attached hydrogens (tertiary/aromatic N) is 1. The van der Waals surface area contributed by atoms with Crippen molar-refractivity contribution in [3.05, 3.63) is 29.8 Å². The van der Waals surface area contributed by atoms with E-state index in [0.717, 1.165) is 18.8 Å². The predicted octanol–water partition coefficient (Wildman–Crippen LogP) is 1.84. The molecular formula is C12H19N3S. The summed E-state index contributed by atoms with van der Waals surface area (Å²) < 4.78 is 0. The van der Waals surface area contributed by atoms with Crippen molar-refractivity contribution in [2.45, 2.75) is 6.92 Å². The molecule has 0 bridgehead atoms. The third-order valence-corrected chi connectivity index (χ3v) is 2.37. The lowest BCUT2D eigenvalue weighted by molar-refractivity contribution is 0.413. The van der Waals surface area contributed by atoms with Crippen molar-refractivity contribution in [2.24, 2.45) is 0 Å². The normalized spacial score (nSPS) is 10.2. The molecule has 0 amide bonds. The molecular weight excluding hydrogens is 218 g/mol. The van der Waals surface area contributed by atoms with E-state index < -0.39 is 0 Å². The lowest BCUT2D eigenvalue weighted by Gasteiger charge is -2.13. The maximum Gasteiger partial charge on any atom is 0.170 e. The molecule has 16 heavy (non-hydrogen) atoms. The Morgan fingerprint density at radius 1 is 1.38 bits per heavy atom. The summed E-state index contributed by atoms with van der Waals surface area (Å²) in [4.78, 5) is 2.11. The van der Waals surface area contributed by atoms with Crippen LogP contribution in [0.4, 0.5) is 5.69 Å². The van der Waals surface area contributed by atoms with Crippen LogP contribution in [-0.4, -0.2) is 37.2 Å². The average Bonchev–Trinajstić information content (AvgIpc) is 2.16. The third-order valence-electron chi connectivity index (χ3n) is 2.12. The molecule has 1 rings (SSSR count). The van der Waals surface area contributed by atoms with Crippen molar-refractivity contribution in [3.8, 4) is 0 Å². The molecule has 0 saturated heterocycles. The molecule has 1 aromatic carbocycles. The second-order valence-electron chi connectivity index (χ2n) is 4.05. The van der Waals surface area contributed by atoms with Crippen LogP contribution in [0.3, 0.4) is 0 Å². The van der Waals surface area contributed by atoms with Crippen LogP contribution in [0.1, 0.15) is 5.56 Å². The molecule has 3 nitrogen and oxygen atoms in total. The Kier molecular flexibility index (Phi) is 5.22. The Morgan fingerprint density at radius 2 is 2.12 bits per heavy atom. The van der Waals surface area contributed by atoms with Gasteiger partial charge in [-0.3, -0.25) is 0 Å². The lowest BCUT2D eigenvalue weighted by Crippen LogP contribution is -2.34. The Hall–Kier alpha value is -1.13. The van der Waals surface area contributed by atoms with Crippen molar-refractivity contribution in [1.82, 2.24) is 10.2 Å². The fourth-order valence-corrected chi connectivity index (χ4v) is 1.51. The number of hydrogen-bond donors (Lipinski definition) is 2. The number of thiocarbonyl (C=S) groups is 1. The second-order valence-corrected chi connectivity index (χ2v) is 4.46. The van der Waals surface area contributed by atoms with E-state index in [1.165, 1.54) is 5.56 Å². The van der Waals surface area contributed by atoms with Crippen molar-refractivity contribution < 1.29 is 0 Å². The maximum atomic E-state index is 5.19. The fraction of sp³-hybridized carbons (Fsp3) is 0.417. The standard InChI is InChI=1S/C12H19N3S/c1-10-5-4-6-11(9-10)14-12(16)13-7-8-15(2)3/h4-6,9H,7-8H2,1-3H3,(H2,13,14,16). The number of hydrogen-bond acceptors (Lipinski definition) is 2. The van der Waals surface area contributed by atoms with E-state index in [9.17, 15) is 0 Å². The second kappa shape index (κ2) is 6.45. The van der Waals surface area contributed by atoms with E-state index >= 15 is 0 Å². The highest BCUT2D eigenvalue weighted by molar-refractivity contribution is 7.80. The van der Waals surface area contributed by atoms with Gasteiger partial charge < -0.3 is 15.5 Å². The van der Waals surface area contributed by atoms with Crippen LogP contribution >= 0.6 is 12.2 Å². The first-order valence-corrected chi connectivity index (χ1v) is 5.75. The molecule has 0 atom stereocenters. The number of nitrogens with one attached hydrogen (secondary N) is 2. The van der Waals surface area contributed by atoms with E-state index in [-0.39, 0.29) is 0 Å². The van der Waals surface area contributed by atoms with Crippen LogP contribution in [0.2, 0.25) is 0 Å². The largest absolute Gasteiger partial charge is 0.361 e. The van der Waals surface area contributed by atoms with Gasteiger partial charge in [0.2, 0.25) is 0 Å². The molecule has 0 spiro atoms. The topological polar surface area (TPSA) is 27.3 Å². The minimum Gasteiger partial charge on any atom is -0.361 e. The summed E-state index contributed by atoms with van der Waals surface area (Å²) >= 11 is 5.19. The number of benzene rings is 1. The molecule has 1 aromatic rings. The Balaban J connectivity index is 2.34. The molecule has 0 radical (unpaired) electrons. The van der Waals surface area contributed by atoms with Crippen LogP contribution in [0.25, 0.3) is 0 Å². The summed E-state index contributed by atoms with van der Waals surface area (Å²) in [5, 5.41) is 6.99. The highest BCUT2D eigenvalue weighted by Crippen LogP contribution is 2.08. The Morgan fingerprint density at radius 3 is 2.75 bits per heavy atom. The molecule has 0 fully saturated rings. The van der Waals surface area contributed by atoms with Crippen LogP contribution in [0.5, 0.6) is 0 Å². The van der Waals surface area contributed by atoms with Gasteiger partial charge in [-0.1, -0.05) is 12.1 Å². The minimum absolute atomic E-state index is 0.674. The predicted molar refractivity (Wildman–Crippen MR) is 74.0 cm³/mol. The fourth-order valence-electron chi connectivity index (χ4n) is 1.29. The molecule has 88 valence electrons. The van der Waals surface area contributed by atoms with Crippen LogP contribution in [-0.2, 0) is 0 Å². The highest BCUT2D eigenvalue weighted by atomic mass is 32.1. The minimum atomic E-state index is 0.674. The van der Waals surface area contributed by atoms with E-state index in [1.54, 1.807) is 0 Å². The SMILES string of the molecule is Cc1cccc(NC(=S)NCCN(C)C)c1. The Bertz CT molecular complexity index is 350. The van der Waals surface area contributed by atoms with Crippen molar-refractivity contribution in [1.29, 1.82) is 0 Å². The van der Waals surface area contributed by atoms with E-state index in [4.69, 9.17) is 12.2 Å². The van der Waals surface area contributed by atoms with Gasteiger partial charge in [0.15, 0.2) is 5.11 Å². The van der Waals surface area contributed by atoms with Crippen molar-refractivity contribution >= 4 is 23.0 Å². The van der Waals surface area contributed by atoms with Crippen molar-refractivity contribution in [2.75, 3.05) is 32.5 Å². The number of likely N-dealkylation sites (N-methyl/N-ethyl adjacent to an activating group) is 1. The zero-order valence-corrected chi connectivity index (χ0v) is 10.9. The van der Waals surface area contributed by atoms with Gasteiger partial charge in [0, 0.05) is 18.8 Å². The third kappa shape index (κ3) is 5.09. The number of rotatable bonds is 4. The first kappa shape index (κ1) is 12.9. The van der Waals surface area contributed by atoms with Gasteiger partial charge in [-0.05, 0) is 50.9 Å². The Labute approximate surface area is 103 Å². The quantitative estimate of drug-likeness (QED) is 0.782. The molecule has 0 unspecified atom stereocenters. The van der Waals surface area contributed by atoms with Gasteiger partial charge in [-0.25, -0.2) is 0 Å².